The summed E-state index contributed by atoms with van der Waals surface area (Å²) in [5.74, 6) is 2.70. The molecular formula is C23H21Cl2N5O2. The first-order chi connectivity index (χ1) is 15.6. The van der Waals surface area contributed by atoms with Crippen molar-refractivity contribution in [2.75, 3.05) is 25.6 Å². The Kier molecular flexibility index (Phi) is 5.87. The first kappa shape index (κ1) is 21.0. The van der Waals surface area contributed by atoms with E-state index in [4.69, 9.17) is 42.6 Å². The maximum Gasteiger partial charge on any atom is 0.224 e. The largest absolute Gasteiger partial charge is 0.497 e. The fraction of sp³-hybridized carbons (Fsp3) is 0.261. The van der Waals surface area contributed by atoms with Gasteiger partial charge in [-0.25, -0.2) is 9.97 Å². The Labute approximate surface area is 195 Å². The van der Waals surface area contributed by atoms with E-state index >= 15 is 0 Å². The van der Waals surface area contributed by atoms with Crippen molar-refractivity contribution in [2.24, 2.45) is 0 Å². The van der Waals surface area contributed by atoms with E-state index in [-0.39, 0.29) is 6.04 Å². The highest BCUT2D eigenvalue weighted by Gasteiger charge is 2.19. The van der Waals surface area contributed by atoms with Crippen molar-refractivity contribution in [1.29, 1.82) is 0 Å². The molecule has 32 heavy (non-hydrogen) atoms. The molecule has 1 aliphatic rings. The molecule has 5 rings (SSSR count). The zero-order valence-electron chi connectivity index (χ0n) is 17.4. The van der Waals surface area contributed by atoms with Crippen LogP contribution >= 0.6 is 23.2 Å². The topological polar surface area (TPSA) is 74.1 Å². The lowest BCUT2D eigenvalue weighted by molar-refractivity contribution is 0.0903. The number of hydrogen-bond donors (Lipinski definition) is 1. The Morgan fingerprint density at radius 1 is 1.03 bits per heavy atom. The molecule has 0 unspecified atom stereocenters. The first-order valence-electron chi connectivity index (χ1n) is 10.3. The quantitative estimate of drug-likeness (QED) is 0.422. The van der Waals surface area contributed by atoms with Crippen molar-refractivity contribution in [3.05, 3.63) is 58.7 Å². The minimum atomic E-state index is 0.289. The lowest BCUT2D eigenvalue weighted by atomic mass is 10.1. The molecule has 0 bridgehead atoms. The predicted molar refractivity (Wildman–Crippen MR) is 126 cm³/mol. The van der Waals surface area contributed by atoms with E-state index in [2.05, 4.69) is 10.3 Å². The van der Waals surface area contributed by atoms with Crippen LogP contribution in [0, 0.1) is 0 Å². The normalized spacial score (nSPS) is 14.6. The van der Waals surface area contributed by atoms with Crippen LogP contribution in [0.4, 0.5) is 5.95 Å². The van der Waals surface area contributed by atoms with Gasteiger partial charge in [-0.2, -0.15) is 4.98 Å². The monoisotopic (exact) mass is 469 g/mol. The molecule has 0 spiro atoms. The second-order valence-electron chi connectivity index (χ2n) is 7.52. The number of hydrogen-bond acceptors (Lipinski definition) is 6. The van der Waals surface area contributed by atoms with Crippen LogP contribution in [0.1, 0.15) is 12.8 Å². The molecule has 1 saturated heterocycles. The molecule has 2 aromatic heterocycles. The van der Waals surface area contributed by atoms with Crippen molar-refractivity contribution in [3.63, 3.8) is 0 Å². The smallest absolute Gasteiger partial charge is 0.224 e. The minimum Gasteiger partial charge on any atom is -0.497 e. The number of aromatic nitrogens is 4. The SMILES string of the molecule is COc1ccc2c(c1)nc(-c1ccc(Cl)c(Cl)c1)n2-c1ccnc(NC2CCOCC2)n1. The van der Waals surface area contributed by atoms with Gasteiger partial charge in [-0.15, -0.1) is 0 Å². The van der Waals surface area contributed by atoms with Crippen LogP contribution in [-0.4, -0.2) is 45.9 Å². The first-order valence-corrected chi connectivity index (χ1v) is 11.1. The van der Waals surface area contributed by atoms with Crippen LogP contribution in [0.2, 0.25) is 10.0 Å². The molecule has 7 nitrogen and oxygen atoms in total. The van der Waals surface area contributed by atoms with E-state index in [9.17, 15) is 0 Å². The third-order valence-electron chi connectivity index (χ3n) is 5.46. The highest BCUT2D eigenvalue weighted by atomic mass is 35.5. The van der Waals surface area contributed by atoms with E-state index < -0.39 is 0 Å². The molecular weight excluding hydrogens is 449 g/mol. The van der Waals surface area contributed by atoms with Gasteiger partial charge in [0.2, 0.25) is 5.95 Å². The Hall–Kier alpha value is -2.87. The minimum absolute atomic E-state index is 0.289. The van der Waals surface area contributed by atoms with Gasteiger partial charge in [0.15, 0.2) is 0 Å². The average molecular weight is 470 g/mol. The summed E-state index contributed by atoms with van der Waals surface area (Å²) in [6, 6.07) is 13.4. The molecule has 3 heterocycles. The standard InChI is InChI=1S/C23H21Cl2N5O2/c1-31-16-3-5-20-19(13-16)28-22(14-2-4-17(24)18(25)12-14)30(20)21-6-9-26-23(29-21)27-15-7-10-32-11-8-15/h2-6,9,12-13,15H,7-8,10-11H2,1H3,(H,26,27,29). The van der Waals surface area contributed by atoms with Crippen molar-refractivity contribution < 1.29 is 9.47 Å². The van der Waals surface area contributed by atoms with E-state index in [0.717, 1.165) is 48.4 Å². The lowest BCUT2D eigenvalue weighted by Gasteiger charge is -2.23. The molecule has 0 atom stereocenters. The third-order valence-corrected chi connectivity index (χ3v) is 6.20. The molecule has 0 aliphatic carbocycles. The number of ether oxygens (including phenoxy) is 2. The summed E-state index contributed by atoms with van der Waals surface area (Å²) < 4.78 is 12.8. The molecule has 164 valence electrons. The zero-order valence-corrected chi connectivity index (χ0v) is 18.9. The Morgan fingerprint density at radius 2 is 1.88 bits per heavy atom. The number of nitrogens with zero attached hydrogens (tertiary/aromatic N) is 4. The van der Waals surface area contributed by atoms with Gasteiger partial charge in [-0.3, -0.25) is 4.57 Å². The van der Waals surface area contributed by atoms with E-state index in [1.807, 2.05) is 34.9 Å². The van der Waals surface area contributed by atoms with Crippen LogP contribution in [0.25, 0.3) is 28.2 Å². The summed E-state index contributed by atoms with van der Waals surface area (Å²) in [5.41, 5.74) is 2.50. The summed E-state index contributed by atoms with van der Waals surface area (Å²) in [4.78, 5) is 14.1. The summed E-state index contributed by atoms with van der Waals surface area (Å²) >= 11 is 12.5. The number of nitrogens with one attached hydrogen (secondary N) is 1. The number of anilines is 1. The highest BCUT2D eigenvalue weighted by Crippen LogP contribution is 2.33. The van der Waals surface area contributed by atoms with E-state index in [1.54, 1.807) is 25.4 Å². The number of imidazole rings is 1. The second-order valence-corrected chi connectivity index (χ2v) is 8.34. The number of rotatable bonds is 5. The summed E-state index contributed by atoms with van der Waals surface area (Å²) in [5, 5.41) is 4.38. The number of benzene rings is 2. The molecule has 2 aromatic carbocycles. The summed E-state index contributed by atoms with van der Waals surface area (Å²) in [6.45, 7) is 1.49. The van der Waals surface area contributed by atoms with Gasteiger partial charge >= 0.3 is 0 Å². The summed E-state index contributed by atoms with van der Waals surface area (Å²) in [7, 11) is 1.64. The molecule has 1 aliphatic heterocycles. The second kappa shape index (κ2) is 8.94. The molecule has 4 aromatic rings. The Morgan fingerprint density at radius 3 is 2.66 bits per heavy atom. The van der Waals surface area contributed by atoms with E-state index in [0.29, 0.717) is 27.6 Å². The Balaban J connectivity index is 1.63. The molecule has 1 N–H and O–H groups in total. The number of halogens is 2. The van der Waals surface area contributed by atoms with Gasteiger partial charge in [0, 0.05) is 37.1 Å². The van der Waals surface area contributed by atoms with Gasteiger partial charge in [0.25, 0.3) is 0 Å². The lowest BCUT2D eigenvalue weighted by Crippen LogP contribution is -2.28. The average Bonchev–Trinajstić information content (AvgIpc) is 3.20. The highest BCUT2D eigenvalue weighted by molar-refractivity contribution is 6.42. The van der Waals surface area contributed by atoms with Gasteiger partial charge in [-0.1, -0.05) is 23.2 Å². The van der Waals surface area contributed by atoms with Crippen LogP contribution < -0.4 is 10.1 Å². The fourth-order valence-electron chi connectivity index (χ4n) is 3.82. The van der Waals surface area contributed by atoms with Gasteiger partial charge < -0.3 is 14.8 Å². The van der Waals surface area contributed by atoms with Crippen LogP contribution in [0.15, 0.2) is 48.7 Å². The maximum atomic E-state index is 6.31. The molecule has 0 amide bonds. The predicted octanol–water partition coefficient (Wildman–Crippen LogP) is 5.39. The number of methoxy groups -OCH3 is 1. The third kappa shape index (κ3) is 4.11. The Bertz CT molecular complexity index is 1270. The summed E-state index contributed by atoms with van der Waals surface area (Å²) in [6.07, 6.45) is 3.60. The van der Waals surface area contributed by atoms with Crippen LogP contribution in [-0.2, 0) is 4.74 Å². The van der Waals surface area contributed by atoms with Crippen molar-refractivity contribution in [3.8, 4) is 23.0 Å². The van der Waals surface area contributed by atoms with Gasteiger partial charge in [-0.05, 0) is 49.2 Å². The van der Waals surface area contributed by atoms with Crippen LogP contribution in [0.5, 0.6) is 5.75 Å². The van der Waals surface area contributed by atoms with Crippen LogP contribution in [0.3, 0.4) is 0 Å². The molecule has 1 fully saturated rings. The van der Waals surface area contributed by atoms with E-state index in [1.165, 1.54) is 0 Å². The van der Waals surface area contributed by atoms with Crippen molar-refractivity contribution >= 4 is 40.2 Å². The van der Waals surface area contributed by atoms with Crippen molar-refractivity contribution in [2.45, 2.75) is 18.9 Å². The fourth-order valence-corrected chi connectivity index (χ4v) is 4.11. The molecule has 0 radical (unpaired) electrons. The number of fused-ring (bicyclic) bond motifs is 1. The van der Waals surface area contributed by atoms with Gasteiger partial charge in [0.05, 0.1) is 28.2 Å². The van der Waals surface area contributed by atoms with Gasteiger partial charge in [0.1, 0.15) is 17.4 Å². The molecule has 0 saturated carbocycles. The maximum absolute atomic E-state index is 6.31. The zero-order chi connectivity index (χ0) is 22.1. The molecule has 9 heteroatoms. The van der Waals surface area contributed by atoms with Crippen molar-refractivity contribution in [1.82, 2.24) is 19.5 Å².